The van der Waals surface area contributed by atoms with Gasteiger partial charge in [-0.25, -0.2) is 0 Å². The number of nitrogens with zero attached hydrogens (tertiary/aromatic N) is 1. The Hall–Kier alpha value is -1.20. The molecule has 0 spiro atoms. The standard InChI is InChI=1S/C14H18ClNO3S/c1-10(20-12-6-4-11(15)5-7-12)14(18)16(2)9-8-13(17)19-3/h4-7,10H,8-9H2,1-3H3. The lowest BCUT2D eigenvalue weighted by molar-refractivity contribution is -0.141. The van der Waals surface area contributed by atoms with Gasteiger partial charge in [0.05, 0.1) is 18.8 Å². The van der Waals surface area contributed by atoms with Crippen molar-refractivity contribution in [3.8, 4) is 0 Å². The Morgan fingerprint density at radius 1 is 1.35 bits per heavy atom. The molecule has 0 aliphatic rings. The summed E-state index contributed by atoms with van der Waals surface area (Å²) in [5.41, 5.74) is 0. The zero-order valence-corrected chi connectivity index (χ0v) is 13.3. The number of esters is 1. The third-order valence-corrected chi connectivity index (χ3v) is 4.08. The molecule has 20 heavy (non-hydrogen) atoms. The van der Waals surface area contributed by atoms with Gasteiger partial charge in [-0.2, -0.15) is 0 Å². The Morgan fingerprint density at radius 2 is 1.95 bits per heavy atom. The second-order valence-corrected chi connectivity index (χ2v) is 6.15. The second kappa shape index (κ2) is 8.17. The molecule has 1 aromatic rings. The molecule has 0 radical (unpaired) electrons. The first kappa shape index (κ1) is 16.9. The maximum Gasteiger partial charge on any atom is 0.307 e. The highest BCUT2D eigenvalue weighted by atomic mass is 35.5. The maximum atomic E-state index is 12.1. The third kappa shape index (κ3) is 5.43. The minimum Gasteiger partial charge on any atom is -0.469 e. The maximum absolute atomic E-state index is 12.1. The molecule has 0 fully saturated rings. The molecule has 0 saturated carbocycles. The van der Waals surface area contributed by atoms with E-state index >= 15 is 0 Å². The lowest BCUT2D eigenvalue weighted by Crippen LogP contribution is -2.34. The fourth-order valence-corrected chi connectivity index (χ4v) is 2.66. The molecular formula is C14H18ClNO3S. The van der Waals surface area contributed by atoms with E-state index in [-0.39, 0.29) is 23.5 Å². The van der Waals surface area contributed by atoms with Crippen molar-refractivity contribution in [3.05, 3.63) is 29.3 Å². The van der Waals surface area contributed by atoms with E-state index in [0.717, 1.165) is 4.90 Å². The van der Waals surface area contributed by atoms with Crippen LogP contribution in [0.1, 0.15) is 13.3 Å². The molecule has 0 heterocycles. The van der Waals surface area contributed by atoms with Crippen molar-refractivity contribution in [3.63, 3.8) is 0 Å². The SMILES string of the molecule is COC(=O)CCN(C)C(=O)C(C)Sc1ccc(Cl)cc1. The monoisotopic (exact) mass is 315 g/mol. The molecule has 0 aromatic heterocycles. The first-order valence-corrected chi connectivity index (χ1v) is 7.44. The minimum atomic E-state index is -0.317. The molecule has 1 unspecified atom stereocenters. The molecule has 0 aliphatic heterocycles. The number of carbonyl (C=O) groups is 2. The Bertz CT molecular complexity index is 464. The number of amides is 1. The van der Waals surface area contributed by atoms with Gasteiger partial charge in [0.15, 0.2) is 0 Å². The molecular weight excluding hydrogens is 298 g/mol. The summed E-state index contributed by atoms with van der Waals surface area (Å²) in [4.78, 5) is 25.7. The molecule has 4 nitrogen and oxygen atoms in total. The van der Waals surface area contributed by atoms with Crippen molar-refractivity contribution in [2.24, 2.45) is 0 Å². The van der Waals surface area contributed by atoms with Gasteiger partial charge in [-0.05, 0) is 31.2 Å². The highest BCUT2D eigenvalue weighted by Gasteiger charge is 2.19. The zero-order chi connectivity index (χ0) is 15.1. The van der Waals surface area contributed by atoms with Gasteiger partial charge < -0.3 is 9.64 Å². The smallest absolute Gasteiger partial charge is 0.307 e. The van der Waals surface area contributed by atoms with E-state index in [1.165, 1.54) is 18.9 Å². The van der Waals surface area contributed by atoms with E-state index in [1.807, 2.05) is 19.1 Å². The lowest BCUT2D eigenvalue weighted by Gasteiger charge is -2.20. The number of halogens is 1. The van der Waals surface area contributed by atoms with E-state index < -0.39 is 0 Å². The number of ether oxygens (including phenoxy) is 1. The minimum absolute atomic E-state index is 0.0196. The zero-order valence-electron chi connectivity index (χ0n) is 11.8. The topological polar surface area (TPSA) is 46.6 Å². The van der Waals surface area contributed by atoms with Gasteiger partial charge in [0, 0.05) is 23.5 Å². The van der Waals surface area contributed by atoms with E-state index in [1.54, 1.807) is 24.1 Å². The van der Waals surface area contributed by atoms with Crippen molar-refractivity contribution in [2.75, 3.05) is 20.7 Å². The van der Waals surface area contributed by atoms with E-state index in [9.17, 15) is 9.59 Å². The van der Waals surface area contributed by atoms with Crippen LogP contribution in [0.3, 0.4) is 0 Å². The second-order valence-electron chi connectivity index (χ2n) is 4.30. The number of thioether (sulfide) groups is 1. The van der Waals surface area contributed by atoms with Crippen LogP contribution in [0.4, 0.5) is 0 Å². The molecule has 1 amide bonds. The van der Waals surface area contributed by atoms with Crippen LogP contribution in [0.5, 0.6) is 0 Å². The van der Waals surface area contributed by atoms with Crippen LogP contribution in [0, 0.1) is 0 Å². The fourth-order valence-electron chi connectivity index (χ4n) is 1.55. The number of carbonyl (C=O) groups excluding carboxylic acids is 2. The Kier molecular flexibility index (Phi) is 6.88. The molecule has 0 saturated heterocycles. The summed E-state index contributed by atoms with van der Waals surface area (Å²) in [6, 6.07) is 7.35. The normalized spacial score (nSPS) is 11.8. The number of hydrogen-bond donors (Lipinski definition) is 0. The Balaban J connectivity index is 2.49. The summed E-state index contributed by atoms with van der Waals surface area (Å²) in [5.74, 6) is -0.337. The van der Waals surface area contributed by atoms with E-state index in [2.05, 4.69) is 4.74 Å². The van der Waals surface area contributed by atoms with Crippen LogP contribution in [0.25, 0.3) is 0 Å². The van der Waals surface area contributed by atoms with Crippen LogP contribution in [0.2, 0.25) is 5.02 Å². The van der Waals surface area contributed by atoms with Gasteiger partial charge in [-0.15, -0.1) is 11.8 Å². The highest BCUT2D eigenvalue weighted by molar-refractivity contribution is 8.00. The predicted octanol–water partition coefficient (Wildman–Crippen LogP) is 2.84. The number of methoxy groups -OCH3 is 1. The van der Waals surface area contributed by atoms with Gasteiger partial charge in [-0.3, -0.25) is 9.59 Å². The Labute approximate surface area is 128 Å². The third-order valence-electron chi connectivity index (χ3n) is 2.73. The number of benzene rings is 1. The molecule has 6 heteroatoms. The van der Waals surface area contributed by atoms with Crippen LogP contribution < -0.4 is 0 Å². The Morgan fingerprint density at radius 3 is 2.50 bits per heavy atom. The quantitative estimate of drug-likeness (QED) is 0.598. The van der Waals surface area contributed by atoms with E-state index in [0.29, 0.717) is 11.6 Å². The highest BCUT2D eigenvalue weighted by Crippen LogP contribution is 2.25. The van der Waals surface area contributed by atoms with Crippen LogP contribution in [-0.2, 0) is 14.3 Å². The summed E-state index contributed by atoms with van der Waals surface area (Å²) in [6.45, 7) is 2.20. The molecule has 1 rings (SSSR count). The molecule has 0 bridgehead atoms. The van der Waals surface area contributed by atoms with E-state index in [4.69, 9.17) is 11.6 Å². The first-order chi connectivity index (χ1) is 9.43. The molecule has 1 atom stereocenters. The fraction of sp³-hybridized carbons (Fsp3) is 0.429. The van der Waals surface area contributed by atoms with Crippen LogP contribution >= 0.6 is 23.4 Å². The lowest BCUT2D eigenvalue weighted by atomic mass is 10.3. The van der Waals surface area contributed by atoms with Crippen molar-refractivity contribution in [1.82, 2.24) is 4.90 Å². The largest absolute Gasteiger partial charge is 0.469 e. The molecule has 0 N–H and O–H groups in total. The van der Waals surface area contributed by atoms with Crippen LogP contribution in [-0.4, -0.2) is 42.7 Å². The summed E-state index contributed by atoms with van der Waals surface area (Å²) in [7, 11) is 3.02. The van der Waals surface area contributed by atoms with Crippen molar-refractivity contribution < 1.29 is 14.3 Å². The van der Waals surface area contributed by atoms with Crippen molar-refractivity contribution >= 4 is 35.2 Å². The van der Waals surface area contributed by atoms with Gasteiger partial charge in [0.2, 0.25) is 5.91 Å². The van der Waals surface area contributed by atoms with Crippen LogP contribution in [0.15, 0.2) is 29.2 Å². The summed E-state index contributed by atoms with van der Waals surface area (Å²) in [6.07, 6.45) is 0.205. The average molecular weight is 316 g/mol. The van der Waals surface area contributed by atoms with Gasteiger partial charge >= 0.3 is 5.97 Å². The van der Waals surface area contributed by atoms with Gasteiger partial charge in [-0.1, -0.05) is 11.6 Å². The molecule has 1 aromatic carbocycles. The van der Waals surface area contributed by atoms with Crippen molar-refractivity contribution in [2.45, 2.75) is 23.5 Å². The van der Waals surface area contributed by atoms with Gasteiger partial charge in [0.25, 0.3) is 0 Å². The number of hydrogen-bond acceptors (Lipinski definition) is 4. The van der Waals surface area contributed by atoms with Gasteiger partial charge in [0.1, 0.15) is 0 Å². The average Bonchev–Trinajstić information content (AvgIpc) is 2.45. The molecule has 110 valence electrons. The molecule has 0 aliphatic carbocycles. The summed E-state index contributed by atoms with van der Waals surface area (Å²) >= 11 is 7.28. The predicted molar refractivity (Wildman–Crippen MR) is 81.0 cm³/mol. The summed E-state index contributed by atoms with van der Waals surface area (Å²) in [5, 5.41) is 0.447. The first-order valence-electron chi connectivity index (χ1n) is 6.18. The summed E-state index contributed by atoms with van der Waals surface area (Å²) < 4.78 is 4.55. The number of rotatable bonds is 6. The van der Waals surface area contributed by atoms with Crippen molar-refractivity contribution in [1.29, 1.82) is 0 Å².